The van der Waals surface area contributed by atoms with E-state index in [1.807, 2.05) is 37.8 Å². The number of hydrogen-bond donors (Lipinski definition) is 3. The lowest BCUT2D eigenvalue weighted by atomic mass is 10.00. The Morgan fingerprint density at radius 1 is 0.976 bits per heavy atom. The Labute approximate surface area is 240 Å². The lowest BCUT2D eigenvalue weighted by Gasteiger charge is -2.25. The predicted molar refractivity (Wildman–Crippen MR) is 152 cm³/mol. The largest absolute Gasteiger partial charge is 0.465 e. The van der Waals surface area contributed by atoms with Crippen molar-refractivity contribution in [3.05, 3.63) is 88.6 Å². The molecule has 2 atom stereocenters. The number of aliphatic hydroxyl groups excluding tert-OH is 1. The summed E-state index contributed by atoms with van der Waals surface area (Å²) in [6.45, 7) is 7.75. The van der Waals surface area contributed by atoms with Crippen LogP contribution in [0.1, 0.15) is 54.9 Å². The van der Waals surface area contributed by atoms with Gasteiger partial charge in [0.1, 0.15) is 23.2 Å². The highest BCUT2D eigenvalue weighted by Gasteiger charge is 2.23. The number of nitrogens with zero attached hydrogens (tertiary/aromatic N) is 2. The highest BCUT2D eigenvalue weighted by molar-refractivity contribution is 5.80. The third-order valence-electron chi connectivity index (χ3n) is 6.55. The third-order valence-corrected chi connectivity index (χ3v) is 6.55. The van der Waals surface area contributed by atoms with E-state index in [9.17, 15) is 23.5 Å². The van der Waals surface area contributed by atoms with Crippen LogP contribution in [0.15, 0.2) is 53.2 Å². The van der Waals surface area contributed by atoms with Gasteiger partial charge in [0, 0.05) is 38.1 Å². The Bertz CT molecular complexity index is 1260. The molecule has 222 valence electrons. The standard InChI is InChI=1S/C31H40F2N4O4/c1-4-8-37(9-5-2)31(40)15-24-10-23(17-34-18-24)14-30(39)36-28(13-22-11-25(32)16-26(33)12-22)29(38)20-35-19-27-7-6-21(3)41-27/h6-7,10-12,16-18,28-29,35,38H,4-5,8-9,13-15,19-20H2,1-3H3,(H,36,39)/t28-,29+/m0/s1. The number of nitrogens with one attached hydrogen (secondary N) is 2. The van der Waals surface area contributed by atoms with Gasteiger partial charge in [-0.1, -0.05) is 19.9 Å². The number of carbonyl (C=O) groups excluding carboxylic acids is 2. The van der Waals surface area contributed by atoms with Crippen molar-refractivity contribution in [2.24, 2.45) is 0 Å². The molecular weight excluding hydrogens is 530 g/mol. The van der Waals surface area contributed by atoms with Crippen LogP contribution >= 0.6 is 0 Å². The SMILES string of the molecule is CCCN(CCC)C(=O)Cc1cncc(CC(=O)N[C@@H](Cc2cc(F)cc(F)c2)[C@H](O)CNCc2ccc(C)o2)c1. The van der Waals surface area contributed by atoms with E-state index in [4.69, 9.17) is 4.42 Å². The Hall–Kier alpha value is -3.63. The molecule has 3 aromatic rings. The molecule has 0 aliphatic carbocycles. The van der Waals surface area contributed by atoms with Gasteiger partial charge < -0.3 is 25.1 Å². The van der Waals surface area contributed by atoms with E-state index in [-0.39, 0.29) is 31.7 Å². The fourth-order valence-electron chi connectivity index (χ4n) is 4.70. The van der Waals surface area contributed by atoms with Crippen LogP contribution in [-0.4, -0.2) is 58.6 Å². The molecule has 0 aliphatic rings. The first-order valence-electron chi connectivity index (χ1n) is 14.1. The number of aromatic nitrogens is 1. The number of aliphatic hydroxyl groups is 1. The summed E-state index contributed by atoms with van der Waals surface area (Å²) in [6.07, 6.45) is 4.02. The quantitative estimate of drug-likeness (QED) is 0.241. The van der Waals surface area contributed by atoms with Gasteiger partial charge in [0.25, 0.3) is 0 Å². The summed E-state index contributed by atoms with van der Waals surface area (Å²) in [5, 5.41) is 16.8. The molecule has 0 spiro atoms. The molecule has 0 bridgehead atoms. The van der Waals surface area contributed by atoms with Crippen LogP contribution in [0.3, 0.4) is 0 Å². The molecule has 0 unspecified atom stereocenters. The fraction of sp³-hybridized carbons (Fsp3) is 0.452. The van der Waals surface area contributed by atoms with Gasteiger partial charge in [-0.25, -0.2) is 8.78 Å². The molecule has 2 aromatic heterocycles. The zero-order valence-corrected chi connectivity index (χ0v) is 24.0. The van der Waals surface area contributed by atoms with E-state index in [1.165, 1.54) is 12.1 Å². The molecule has 10 heteroatoms. The maximum Gasteiger partial charge on any atom is 0.227 e. The number of rotatable bonds is 16. The van der Waals surface area contributed by atoms with Crippen molar-refractivity contribution in [3.8, 4) is 0 Å². The first-order chi connectivity index (χ1) is 19.7. The average molecular weight is 571 g/mol. The maximum absolute atomic E-state index is 13.8. The van der Waals surface area contributed by atoms with Crippen molar-refractivity contribution in [2.75, 3.05) is 19.6 Å². The lowest BCUT2D eigenvalue weighted by molar-refractivity contribution is -0.130. The van der Waals surface area contributed by atoms with Gasteiger partial charge in [0.2, 0.25) is 11.8 Å². The molecule has 2 heterocycles. The van der Waals surface area contributed by atoms with E-state index in [2.05, 4.69) is 15.6 Å². The third kappa shape index (κ3) is 10.7. The number of furan rings is 1. The Balaban J connectivity index is 1.66. The molecule has 0 radical (unpaired) electrons. The van der Waals surface area contributed by atoms with Crippen LogP contribution in [-0.2, 0) is 35.4 Å². The number of aryl methyl sites for hydroxylation is 1. The number of amides is 2. The van der Waals surface area contributed by atoms with Gasteiger partial charge in [-0.05, 0) is 67.1 Å². The minimum atomic E-state index is -1.06. The average Bonchev–Trinajstić information content (AvgIpc) is 3.32. The molecule has 0 fully saturated rings. The normalized spacial score (nSPS) is 12.6. The van der Waals surface area contributed by atoms with Gasteiger partial charge in [-0.15, -0.1) is 0 Å². The Kier molecular flexibility index (Phi) is 12.4. The molecule has 3 N–H and O–H groups in total. The van der Waals surface area contributed by atoms with Crippen molar-refractivity contribution >= 4 is 11.8 Å². The summed E-state index contributed by atoms with van der Waals surface area (Å²) in [7, 11) is 0. The van der Waals surface area contributed by atoms with Crippen LogP contribution in [0.25, 0.3) is 0 Å². The molecular formula is C31H40F2N4O4. The van der Waals surface area contributed by atoms with Crippen LogP contribution in [0.2, 0.25) is 0 Å². The number of carbonyl (C=O) groups is 2. The first-order valence-corrected chi connectivity index (χ1v) is 14.1. The predicted octanol–water partition coefficient (Wildman–Crippen LogP) is 3.87. The minimum absolute atomic E-state index is 0.0137. The van der Waals surface area contributed by atoms with Crippen molar-refractivity contribution in [3.63, 3.8) is 0 Å². The molecule has 2 amide bonds. The van der Waals surface area contributed by atoms with E-state index in [0.29, 0.717) is 42.1 Å². The van der Waals surface area contributed by atoms with Crippen LogP contribution in [0.4, 0.5) is 8.78 Å². The number of pyridine rings is 1. The highest BCUT2D eigenvalue weighted by atomic mass is 19.1. The van der Waals surface area contributed by atoms with Crippen molar-refractivity contribution in [1.29, 1.82) is 0 Å². The molecule has 3 rings (SSSR count). The zero-order chi connectivity index (χ0) is 29.8. The van der Waals surface area contributed by atoms with E-state index in [1.54, 1.807) is 18.5 Å². The maximum atomic E-state index is 13.8. The van der Waals surface area contributed by atoms with Gasteiger partial charge >= 0.3 is 0 Å². The number of halogens is 2. The second kappa shape index (κ2) is 16.0. The fourth-order valence-corrected chi connectivity index (χ4v) is 4.70. The van der Waals surface area contributed by atoms with E-state index < -0.39 is 29.7 Å². The molecule has 0 saturated carbocycles. The molecule has 41 heavy (non-hydrogen) atoms. The van der Waals surface area contributed by atoms with Crippen molar-refractivity contribution in [1.82, 2.24) is 20.5 Å². The van der Waals surface area contributed by atoms with Crippen LogP contribution in [0, 0.1) is 18.6 Å². The van der Waals surface area contributed by atoms with Crippen molar-refractivity contribution in [2.45, 2.75) is 71.6 Å². The lowest BCUT2D eigenvalue weighted by Crippen LogP contribution is -2.49. The summed E-state index contributed by atoms with van der Waals surface area (Å²) in [4.78, 5) is 31.9. The molecule has 0 saturated heterocycles. The number of hydrogen-bond acceptors (Lipinski definition) is 6. The van der Waals surface area contributed by atoms with E-state index >= 15 is 0 Å². The first kappa shape index (κ1) is 31.9. The molecule has 1 aromatic carbocycles. The summed E-state index contributed by atoms with van der Waals surface area (Å²) in [5.74, 6) is -0.389. The number of benzene rings is 1. The smallest absolute Gasteiger partial charge is 0.227 e. The van der Waals surface area contributed by atoms with Crippen LogP contribution in [0.5, 0.6) is 0 Å². The second-order valence-electron chi connectivity index (χ2n) is 10.3. The minimum Gasteiger partial charge on any atom is -0.465 e. The van der Waals surface area contributed by atoms with Gasteiger partial charge in [-0.3, -0.25) is 14.6 Å². The zero-order valence-electron chi connectivity index (χ0n) is 24.0. The summed E-state index contributed by atoms with van der Waals surface area (Å²) >= 11 is 0. The Morgan fingerprint density at radius 2 is 1.63 bits per heavy atom. The highest BCUT2D eigenvalue weighted by Crippen LogP contribution is 2.13. The molecule has 0 aliphatic heterocycles. The van der Waals surface area contributed by atoms with Gasteiger partial charge in [-0.2, -0.15) is 0 Å². The van der Waals surface area contributed by atoms with Gasteiger partial charge in [0.05, 0.1) is 31.5 Å². The topological polar surface area (TPSA) is 108 Å². The summed E-state index contributed by atoms with van der Waals surface area (Å²) < 4.78 is 33.2. The van der Waals surface area contributed by atoms with Crippen molar-refractivity contribution < 1.29 is 27.9 Å². The monoisotopic (exact) mass is 570 g/mol. The second-order valence-corrected chi connectivity index (χ2v) is 10.3. The Morgan fingerprint density at radius 3 is 2.24 bits per heavy atom. The summed E-state index contributed by atoms with van der Waals surface area (Å²) in [5.41, 5.74) is 1.63. The molecule has 8 nitrogen and oxygen atoms in total. The summed E-state index contributed by atoms with van der Waals surface area (Å²) in [6, 6.07) is 7.74. The van der Waals surface area contributed by atoms with E-state index in [0.717, 1.165) is 24.7 Å². The van der Waals surface area contributed by atoms with Gasteiger partial charge in [0.15, 0.2) is 0 Å². The van der Waals surface area contributed by atoms with Crippen LogP contribution < -0.4 is 10.6 Å².